The van der Waals surface area contributed by atoms with Gasteiger partial charge in [-0.2, -0.15) is 0 Å². The second-order valence-electron chi connectivity index (χ2n) is 23.6. The molecule has 70 heavy (non-hydrogen) atoms. The molecule has 1 amide bonds. The number of alkyl carbamates (subject to hydrolysis) is 1. The minimum Gasteiger partial charge on any atom is -0.458 e. The van der Waals surface area contributed by atoms with Gasteiger partial charge in [-0.05, 0) is 98.8 Å². The van der Waals surface area contributed by atoms with Crippen LogP contribution in [0, 0.1) is 22.7 Å². The molecule has 2 aliphatic heterocycles. The van der Waals surface area contributed by atoms with E-state index < -0.39 is 121 Å². The molecule has 4 fully saturated rings. The van der Waals surface area contributed by atoms with E-state index in [0.717, 1.165) is 0 Å². The first-order chi connectivity index (χ1) is 32.5. The lowest BCUT2D eigenvalue weighted by molar-refractivity contribution is -0.425. The summed E-state index contributed by atoms with van der Waals surface area (Å²) in [5.74, 6) is -4.55. The van der Waals surface area contributed by atoms with E-state index in [2.05, 4.69) is 46.9 Å². The molecular weight excluding hydrogens is 911 g/mol. The minimum atomic E-state index is -2.93. The Morgan fingerprint density at radius 1 is 0.814 bits per heavy atom. The predicted molar refractivity (Wildman–Crippen MR) is 265 cm³/mol. The molecule has 12 atom stereocenters. The molecule has 0 aromatic heterocycles. The summed E-state index contributed by atoms with van der Waals surface area (Å²) in [6.45, 7) is 30.9. The monoisotopic (exact) mass is 990 g/mol. The number of ether oxygens (including phenoxy) is 7. The number of fused-ring (bicyclic) bond motifs is 4. The molecule has 0 spiro atoms. The molecule has 15 heteroatoms. The zero-order valence-corrected chi connectivity index (χ0v) is 45.2. The fourth-order valence-electron chi connectivity index (χ4n) is 13.6. The SMILES string of the molecule is CC(=O)O[C@@]12CO[C@@H]1C[C@@H]1OC(C)(C)O[C@H]3[C@H](O)C4=C(C)[C@@H](OC(=O)[C@H](O[Si](C(C)C)(C(C)C)C(C)C)[C@@H](NC(=O)OC(C)(C)C)c5ccccc5)C[C@@H]([C@@H](OC(=O)c5ccccc5)[C@H]2[C@@]13C)C4(C)C. The van der Waals surface area contributed by atoms with Crippen LogP contribution in [0.15, 0.2) is 71.8 Å². The number of nitrogens with one attached hydrogen (secondary N) is 1. The predicted octanol–water partition coefficient (Wildman–Crippen LogP) is 9.93. The number of rotatable bonds is 13. The Morgan fingerprint density at radius 2 is 1.40 bits per heavy atom. The molecule has 2 heterocycles. The molecular formula is C55H79NO13Si. The van der Waals surface area contributed by atoms with Gasteiger partial charge in [-0.3, -0.25) is 4.79 Å². The summed E-state index contributed by atoms with van der Waals surface area (Å²) in [5.41, 5.74) is -1.97. The third kappa shape index (κ3) is 9.52. The molecule has 2 saturated carbocycles. The molecule has 7 rings (SSSR count). The summed E-state index contributed by atoms with van der Waals surface area (Å²) in [4.78, 5) is 57.6. The molecule has 2 bridgehead atoms. The Balaban J connectivity index is 1.43. The van der Waals surface area contributed by atoms with Gasteiger partial charge in [0, 0.05) is 24.7 Å². The van der Waals surface area contributed by atoms with Gasteiger partial charge in [0.05, 0.1) is 36.3 Å². The van der Waals surface area contributed by atoms with Crippen LogP contribution in [-0.2, 0) is 47.2 Å². The van der Waals surface area contributed by atoms with Crippen LogP contribution in [0.25, 0.3) is 0 Å². The molecule has 2 N–H and O–H groups in total. The van der Waals surface area contributed by atoms with Crippen molar-refractivity contribution in [2.75, 3.05) is 6.61 Å². The normalized spacial score (nSPS) is 32.0. The number of amides is 1. The van der Waals surface area contributed by atoms with Crippen LogP contribution in [0.1, 0.15) is 146 Å². The van der Waals surface area contributed by atoms with Gasteiger partial charge in [-0.15, -0.1) is 0 Å². The van der Waals surface area contributed by atoms with E-state index in [0.29, 0.717) is 28.7 Å². The van der Waals surface area contributed by atoms with E-state index in [9.17, 15) is 19.5 Å². The van der Waals surface area contributed by atoms with Crippen molar-refractivity contribution >= 4 is 32.3 Å². The maximum absolute atomic E-state index is 15.8. The van der Waals surface area contributed by atoms with Crippen molar-refractivity contribution in [3.05, 3.63) is 82.9 Å². The van der Waals surface area contributed by atoms with Gasteiger partial charge in [0.1, 0.15) is 30.0 Å². The zero-order valence-electron chi connectivity index (χ0n) is 44.2. The van der Waals surface area contributed by atoms with Crippen molar-refractivity contribution in [2.45, 2.75) is 206 Å². The summed E-state index contributed by atoms with van der Waals surface area (Å²) < 4.78 is 53.5. The Hall–Kier alpha value is -4.12. The fraction of sp³-hybridized carbons (Fsp3) is 0.673. The van der Waals surface area contributed by atoms with Crippen LogP contribution in [-0.4, -0.2) is 104 Å². The van der Waals surface area contributed by atoms with Gasteiger partial charge in [0.2, 0.25) is 8.32 Å². The second kappa shape index (κ2) is 19.4. The molecule has 386 valence electrons. The summed E-state index contributed by atoms with van der Waals surface area (Å²) in [6.07, 6.45) is -7.18. The number of hydrogen-bond acceptors (Lipinski definition) is 13. The van der Waals surface area contributed by atoms with Crippen molar-refractivity contribution in [1.29, 1.82) is 0 Å². The maximum atomic E-state index is 15.8. The Morgan fingerprint density at radius 3 is 1.93 bits per heavy atom. The van der Waals surface area contributed by atoms with Gasteiger partial charge < -0.3 is 48.0 Å². The molecule has 0 radical (unpaired) electrons. The number of carbonyl (C=O) groups excluding carboxylic acids is 4. The van der Waals surface area contributed by atoms with E-state index in [4.69, 9.17) is 37.6 Å². The Kier molecular flexibility index (Phi) is 14.9. The highest BCUT2D eigenvalue weighted by Gasteiger charge is 2.77. The molecule has 3 aliphatic carbocycles. The van der Waals surface area contributed by atoms with Gasteiger partial charge >= 0.3 is 24.0 Å². The van der Waals surface area contributed by atoms with Gasteiger partial charge in [0.25, 0.3) is 0 Å². The molecule has 2 aromatic rings. The second-order valence-corrected chi connectivity index (χ2v) is 29.0. The van der Waals surface area contributed by atoms with E-state index in [1.54, 1.807) is 58.9 Å². The molecule has 2 aromatic carbocycles. The average molecular weight is 990 g/mol. The first kappa shape index (κ1) is 53.7. The average Bonchev–Trinajstić information content (AvgIpc) is 3.24. The van der Waals surface area contributed by atoms with E-state index in [-0.39, 0.29) is 29.7 Å². The minimum absolute atomic E-state index is 0.0147. The number of benzene rings is 2. The van der Waals surface area contributed by atoms with E-state index in [1.165, 1.54) is 6.92 Å². The van der Waals surface area contributed by atoms with Crippen molar-refractivity contribution in [3.8, 4) is 0 Å². The van der Waals surface area contributed by atoms with Crippen LogP contribution < -0.4 is 5.32 Å². The van der Waals surface area contributed by atoms with Crippen molar-refractivity contribution < 1.29 is 61.9 Å². The summed E-state index contributed by atoms with van der Waals surface area (Å²) >= 11 is 0. The number of hydrogen-bond donors (Lipinski definition) is 2. The number of aliphatic hydroxyl groups is 1. The van der Waals surface area contributed by atoms with Gasteiger partial charge in [-0.25, -0.2) is 14.4 Å². The van der Waals surface area contributed by atoms with Crippen LogP contribution in [0.4, 0.5) is 4.79 Å². The third-order valence-corrected chi connectivity index (χ3v) is 22.5. The molecule has 14 nitrogen and oxygen atoms in total. The largest absolute Gasteiger partial charge is 0.458 e. The quantitative estimate of drug-likeness (QED) is 0.0841. The molecule has 5 aliphatic rings. The van der Waals surface area contributed by atoms with Crippen LogP contribution in [0.2, 0.25) is 16.6 Å². The third-order valence-electron chi connectivity index (χ3n) is 16.4. The number of esters is 3. The van der Waals surface area contributed by atoms with Crippen LogP contribution in [0.3, 0.4) is 0 Å². The summed E-state index contributed by atoms with van der Waals surface area (Å²) in [7, 11) is -2.93. The van der Waals surface area contributed by atoms with Crippen molar-refractivity contribution in [2.24, 2.45) is 22.7 Å². The van der Waals surface area contributed by atoms with E-state index >= 15 is 4.79 Å². The van der Waals surface area contributed by atoms with Crippen molar-refractivity contribution in [3.63, 3.8) is 0 Å². The summed E-state index contributed by atoms with van der Waals surface area (Å²) in [5, 5.41) is 16.3. The highest BCUT2D eigenvalue weighted by Crippen LogP contribution is 2.66. The first-order valence-electron chi connectivity index (χ1n) is 25.3. The van der Waals surface area contributed by atoms with Gasteiger partial charge in [0.15, 0.2) is 17.5 Å². The highest BCUT2D eigenvalue weighted by atomic mass is 28.4. The van der Waals surface area contributed by atoms with E-state index in [1.807, 2.05) is 64.1 Å². The van der Waals surface area contributed by atoms with Crippen molar-refractivity contribution in [1.82, 2.24) is 5.32 Å². The lowest BCUT2D eigenvalue weighted by atomic mass is 9.45. The highest BCUT2D eigenvalue weighted by molar-refractivity contribution is 6.77. The fourth-order valence-corrected chi connectivity index (χ4v) is 19.1. The topological polar surface area (TPSA) is 174 Å². The van der Waals surface area contributed by atoms with Crippen LogP contribution in [0.5, 0.6) is 0 Å². The lowest BCUT2D eigenvalue weighted by Gasteiger charge is -2.70. The standard InChI is InChI=1S/C55H79NO13Si/c1-30(2)70(31(3)4,32(5)6)69-45(42(35-23-19-17-20-24-35)56-50(61)68-51(9,10)11)49(60)63-38-27-37-44(64-48(59)36-25-21-18-22-26-36)46-54(16)39(28-40-55(46,29-62-40)65-34(8)57)66-53(14,15)67-47(54)43(58)41(33(38)7)52(37,12)13/h17-26,30-32,37-40,42-47,58H,27-29H2,1-16H3,(H,56,61)/t37-,38-,39-,40+,42-,43+,44+,45+,46-,47-,54+,55-/m0/s1. The summed E-state index contributed by atoms with van der Waals surface area (Å²) in [6, 6.07) is 16.9. The number of carbonyl (C=O) groups is 4. The van der Waals surface area contributed by atoms with Crippen LogP contribution >= 0.6 is 0 Å². The number of aliphatic hydroxyl groups excluding tert-OH is 1. The zero-order chi connectivity index (χ0) is 51.7. The molecule has 2 saturated heterocycles. The maximum Gasteiger partial charge on any atom is 0.408 e. The smallest absolute Gasteiger partial charge is 0.408 e. The molecule has 0 unspecified atom stereocenters. The first-order valence-corrected chi connectivity index (χ1v) is 27.4. The Bertz CT molecular complexity index is 2270. The lowest BCUT2D eigenvalue weighted by Crippen LogP contribution is -2.82. The Labute approximate surface area is 416 Å². The van der Waals surface area contributed by atoms with Gasteiger partial charge in [-0.1, -0.05) is 111 Å².